The van der Waals surface area contributed by atoms with Crippen molar-refractivity contribution in [3.8, 4) is 0 Å². The first-order valence-electron chi connectivity index (χ1n) is 5.48. The highest BCUT2D eigenvalue weighted by Crippen LogP contribution is 2.10. The fraction of sp³-hybridized carbons (Fsp3) is 0.250. The quantitative estimate of drug-likeness (QED) is 0.361. The Labute approximate surface area is 104 Å². The molecule has 94 valence electrons. The van der Waals surface area contributed by atoms with Crippen molar-refractivity contribution in [3.63, 3.8) is 0 Å². The van der Waals surface area contributed by atoms with Crippen molar-refractivity contribution in [1.82, 2.24) is 10.2 Å². The van der Waals surface area contributed by atoms with Gasteiger partial charge in [-0.1, -0.05) is 29.4 Å². The second-order valence-corrected chi connectivity index (χ2v) is 4.02. The van der Waals surface area contributed by atoms with Crippen molar-refractivity contribution in [1.29, 1.82) is 0 Å². The van der Waals surface area contributed by atoms with Crippen molar-refractivity contribution >= 4 is 17.6 Å². The van der Waals surface area contributed by atoms with Crippen molar-refractivity contribution in [3.05, 3.63) is 35.4 Å². The lowest BCUT2D eigenvalue weighted by Crippen LogP contribution is -2.30. The molecule has 0 aliphatic carbocycles. The number of oxime groups is 1. The van der Waals surface area contributed by atoms with Crippen LogP contribution in [0.5, 0.6) is 0 Å². The average molecular weight is 247 g/mol. The number of hydrogen-bond acceptors (Lipinski definition) is 4. The number of nitrogens with one attached hydrogen (secondary N) is 1. The Balaban J connectivity index is 2.11. The number of nitrogens with zero attached hydrogens (tertiary/aromatic N) is 2. The van der Waals surface area contributed by atoms with Crippen LogP contribution in [-0.2, 0) is 11.3 Å². The van der Waals surface area contributed by atoms with Crippen LogP contribution in [0.1, 0.15) is 18.1 Å². The van der Waals surface area contributed by atoms with E-state index in [1.54, 1.807) is 31.2 Å². The first-order valence-corrected chi connectivity index (χ1v) is 5.48. The summed E-state index contributed by atoms with van der Waals surface area (Å²) in [4.78, 5) is 23.9. The van der Waals surface area contributed by atoms with Crippen LogP contribution in [0, 0.1) is 0 Å². The van der Waals surface area contributed by atoms with Crippen LogP contribution in [-0.4, -0.2) is 34.3 Å². The molecule has 1 aliphatic rings. The van der Waals surface area contributed by atoms with Gasteiger partial charge in [-0.15, -0.1) is 0 Å². The highest BCUT2D eigenvalue weighted by Gasteiger charge is 2.28. The summed E-state index contributed by atoms with van der Waals surface area (Å²) in [6.07, 6.45) is 0. The fourth-order valence-electron chi connectivity index (χ4n) is 1.71. The molecule has 0 atom stereocenters. The predicted molar refractivity (Wildman–Crippen MR) is 64.4 cm³/mol. The summed E-state index contributed by atoms with van der Waals surface area (Å²) in [7, 11) is 0. The molecule has 6 heteroatoms. The summed E-state index contributed by atoms with van der Waals surface area (Å²) >= 11 is 0. The van der Waals surface area contributed by atoms with Gasteiger partial charge >= 0.3 is 6.03 Å². The Morgan fingerprint density at radius 2 is 2.06 bits per heavy atom. The molecule has 1 aromatic rings. The van der Waals surface area contributed by atoms with Gasteiger partial charge < -0.3 is 10.5 Å². The molecule has 18 heavy (non-hydrogen) atoms. The standard InChI is InChI=1S/C12H13N3O3/c1-8(14-18)10-4-2-9(3-5-10)7-15-11(16)6-13-12(15)17/h2-5,18H,6-7H2,1H3,(H,13,17). The summed E-state index contributed by atoms with van der Waals surface area (Å²) in [6, 6.07) is 6.79. The first-order chi connectivity index (χ1) is 8.61. The van der Waals surface area contributed by atoms with Gasteiger partial charge in [-0.3, -0.25) is 9.69 Å². The number of carbonyl (C=O) groups excluding carboxylic acids is 2. The first kappa shape index (κ1) is 12.1. The van der Waals surface area contributed by atoms with Gasteiger partial charge in [0.25, 0.3) is 0 Å². The molecule has 3 amide bonds. The lowest BCUT2D eigenvalue weighted by molar-refractivity contribution is -0.125. The monoisotopic (exact) mass is 247 g/mol. The molecule has 2 N–H and O–H groups in total. The number of hydrogen-bond donors (Lipinski definition) is 2. The lowest BCUT2D eigenvalue weighted by atomic mass is 10.1. The van der Waals surface area contributed by atoms with E-state index in [1.807, 2.05) is 0 Å². The summed E-state index contributed by atoms with van der Waals surface area (Å²) in [5.74, 6) is -0.225. The average Bonchev–Trinajstić information content (AvgIpc) is 2.70. The Kier molecular flexibility index (Phi) is 3.27. The van der Waals surface area contributed by atoms with Crippen molar-refractivity contribution in [2.75, 3.05) is 6.54 Å². The van der Waals surface area contributed by atoms with E-state index < -0.39 is 0 Å². The minimum absolute atomic E-state index is 0.0627. The maximum Gasteiger partial charge on any atom is 0.324 e. The molecule has 0 spiro atoms. The maximum atomic E-state index is 11.4. The number of imide groups is 1. The number of benzene rings is 1. The molecule has 1 fully saturated rings. The fourth-order valence-corrected chi connectivity index (χ4v) is 1.71. The van der Waals surface area contributed by atoms with Gasteiger partial charge in [-0.05, 0) is 18.1 Å². The SMILES string of the molecule is CC(=NO)c1ccc(CN2C(=O)CNC2=O)cc1. The van der Waals surface area contributed by atoms with E-state index in [2.05, 4.69) is 10.5 Å². The number of carbonyl (C=O) groups is 2. The van der Waals surface area contributed by atoms with Crippen molar-refractivity contribution in [2.45, 2.75) is 13.5 Å². The van der Waals surface area contributed by atoms with E-state index in [4.69, 9.17) is 5.21 Å². The van der Waals surface area contributed by atoms with Crippen LogP contribution in [0.4, 0.5) is 4.79 Å². The van der Waals surface area contributed by atoms with Crippen LogP contribution < -0.4 is 5.32 Å². The third-order valence-electron chi connectivity index (χ3n) is 2.80. The van der Waals surface area contributed by atoms with Crippen LogP contribution in [0.2, 0.25) is 0 Å². The second-order valence-electron chi connectivity index (χ2n) is 4.02. The third kappa shape index (κ3) is 2.32. The smallest absolute Gasteiger partial charge is 0.324 e. The number of urea groups is 1. The molecule has 0 radical (unpaired) electrons. The van der Waals surface area contributed by atoms with Gasteiger partial charge in [-0.25, -0.2) is 4.79 Å². The van der Waals surface area contributed by atoms with Gasteiger partial charge in [0.2, 0.25) is 5.91 Å². The molecule has 1 heterocycles. The van der Waals surface area contributed by atoms with Crippen LogP contribution in [0.3, 0.4) is 0 Å². The van der Waals surface area contributed by atoms with Crippen LogP contribution >= 0.6 is 0 Å². The minimum Gasteiger partial charge on any atom is -0.411 e. The van der Waals surface area contributed by atoms with Crippen molar-refractivity contribution < 1.29 is 14.8 Å². The number of rotatable bonds is 3. The zero-order chi connectivity index (χ0) is 13.1. The Bertz CT molecular complexity index is 492. The maximum absolute atomic E-state index is 11.4. The third-order valence-corrected chi connectivity index (χ3v) is 2.80. The summed E-state index contributed by atoms with van der Waals surface area (Å²) < 4.78 is 0. The van der Waals surface area contributed by atoms with Gasteiger partial charge in [0.15, 0.2) is 0 Å². The van der Waals surface area contributed by atoms with E-state index in [0.29, 0.717) is 5.71 Å². The highest BCUT2D eigenvalue weighted by atomic mass is 16.4. The van der Waals surface area contributed by atoms with Gasteiger partial charge in [0, 0.05) is 0 Å². The topological polar surface area (TPSA) is 82.0 Å². The van der Waals surface area contributed by atoms with Crippen LogP contribution in [0.25, 0.3) is 0 Å². The molecule has 1 saturated heterocycles. The van der Waals surface area contributed by atoms with E-state index in [-0.39, 0.29) is 25.0 Å². The Hall–Kier alpha value is -2.37. The predicted octanol–water partition coefficient (Wildman–Crippen LogP) is 0.937. The molecule has 6 nitrogen and oxygen atoms in total. The zero-order valence-electron chi connectivity index (χ0n) is 9.88. The summed E-state index contributed by atoms with van der Waals surface area (Å²) in [6.45, 7) is 2.00. The molecule has 1 aliphatic heterocycles. The van der Waals surface area contributed by atoms with Crippen molar-refractivity contribution in [2.24, 2.45) is 5.16 Å². The molecular weight excluding hydrogens is 234 g/mol. The molecule has 0 unspecified atom stereocenters. The minimum atomic E-state index is -0.364. The number of amides is 3. The Morgan fingerprint density at radius 1 is 1.39 bits per heavy atom. The summed E-state index contributed by atoms with van der Waals surface area (Å²) in [5, 5.41) is 14.2. The highest BCUT2D eigenvalue weighted by molar-refractivity contribution is 6.02. The van der Waals surface area contributed by atoms with E-state index in [0.717, 1.165) is 11.1 Å². The normalized spacial score (nSPS) is 16.1. The molecular formula is C12H13N3O3. The van der Waals surface area contributed by atoms with E-state index in [9.17, 15) is 9.59 Å². The molecule has 0 aromatic heterocycles. The molecule has 1 aromatic carbocycles. The molecule has 2 rings (SSSR count). The van der Waals surface area contributed by atoms with E-state index in [1.165, 1.54) is 4.90 Å². The van der Waals surface area contributed by atoms with Crippen LogP contribution in [0.15, 0.2) is 29.4 Å². The zero-order valence-corrected chi connectivity index (χ0v) is 9.88. The van der Waals surface area contributed by atoms with E-state index >= 15 is 0 Å². The largest absolute Gasteiger partial charge is 0.411 e. The second kappa shape index (κ2) is 4.87. The molecule has 0 saturated carbocycles. The lowest BCUT2D eigenvalue weighted by Gasteiger charge is -2.12. The Morgan fingerprint density at radius 3 is 2.56 bits per heavy atom. The van der Waals surface area contributed by atoms with Gasteiger partial charge in [-0.2, -0.15) is 0 Å². The molecule has 0 bridgehead atoms. The van der Waals surface area contributed by atoms with Gasteiger partial charge in [0.05, 0.1) is 18.8 Å². The summed E-state index contributed by atoms with van der Waals surface area (Å²) in [5.41, 5.74) is 2.14. The van der Waals surface area contributed by atoms with Gasteiger partial charge in [0.1, 0.15) is 0 Å².